The molecule has 2 saturated carbocycles. The van der Waals surface area contributed by atoms with Gasteiger partial charge in [0.2, 0.25) is 5.91 Å². The number of aromatic hydroxyl groups is 1. The lowest BCUT2D eigenvalue weighted by Crippen LogP contribution is -2.76. The summed E-state index contributed by atoms with van der Waals surface area (Å²) in [6.07, 6.45) is -4.06. The number of Topliss-reactive ketones (excluding diaryl/α,β-unsaturated/α-hetero) is 2. The second-order valence-electron chi connectivity index (χ2n) is 8.89. The molecule has 10 nitrogen and oxygen atoms in total. The first kappa shape index (κ1) is 22.1. The van der Waals surface area contributed by atoms with E-state index in [0.717, 1.165) is 6.07 Å². The smallest absolute Gasteiger partial charge is 0.230 e. The normalized spacial score (nSPS) is 44.3. The molecule has 1 aromatic rings. The molecule has 11 heteroatoms. The zero-order chi connectivity index (χ0) is 23.2. The Morgan fingerprint density at radius 2 is 1.81 bits per heavy atom. The van der Waals surface area contributed by atoms with Crippen LogP contribution in [0.15, 0.2) is 12.1 Å². The minimum absolute atomic E-state index is 0.0118. The van der Waals surface area contributed by atoms with E-state index in [1.54, 1.807) is 0 Å². The highest BCUT2D eigenvalue weighted by Crippen LogP contribution is 2.57. The molecule has 1 aromatic carbocycles. The number of hydrogen-bond donors (Lipinski definition) is 7. The van der Waals surface area contributed by atoms with E-state index < -0.39 is 76.3 Å². The molecule has 31 heavy (non-hydrogen) atoms. The number of rotatable bonds is 1. The Hall–Kier alpha value is -2.08. The van der Waals surface area contributed by atoms with Gasteiger partial charge in [0.05, 0.1) is 23.2 Å². The number of carbonyl (C=O) groups excluding carboxylic acids is 3. The monoisotopic (exact) mass is 454 g/mol. The van der Waals surface area contributed by atoms with Crippen LogP contribution >= 0.6 is 11.6 Å². The highest BCUT2D eigenvalue weighted by molar-refractivity contribution is 6.32. The Labute approximate surface area is 181 Å². The zero-order valence-corrected chi connectivity index (χ0v) is 17.2. The Morgan fingerprint density at radius 1 is 1.19 bits per heavy atom. The average molecular weight is 455 g/mol. The topological polar surface area (TPSA) is 204 Å². The molecule has 9 N–H and O–H groups in total. The highest BCUT2D eigenvalue weighted by atomic mass is 35.5. The number of hydrogen-bond acceptors (Lipinski definition) is 9. The lowest BCUT2D eigenvalue weighted by Gasteiger charge is -2.58. The molecule has 9 atom stereocenters. The summed E-state index contributed by atoms with van der Waals surface area (Å²) in [6, 6.07) is 1.11. The van der Waals surface area contributed by atoms with Gasteiger partial charge in [0, 0.05) is 28.5 Å². The lowest BCUT2D eigenvalue weighted by atomic mass is 9.49. The van der Waals surface area contributed by atoms with Gasteiger partial charge in [-0.15, -0.1) is 0 Å². The number of carbonyl (C=O) groups is 3. The molecule has 0 saturated heterocycles. The van der Waals surface area contributed by atoms with E-state index in [9.17, 15) is 39.9 Å². The first-order chi connectivity index (χ1) is 14.3. The number of phenols is 1. The molecule has 0 aromatic heterocycles. The minimum Gasteiger partial charge on any atom is -0.507 e. The highest BCUT2D eigenvalue weighted by Gasteiger charge is 2.70. The third kappa shape index (κ3) is 2.60. The third-order valence-electron chi connectivity index (χ3n) is 7.39. The fraction of sp³-hybridized carbons (Fsp3) is 0.550. The van der Waals surface area contributed by atoms with Crippen LogP contribution in [0.25, 0.3) is 0 Å². The number of aliphatic hydroxyl groups excluding tert-OH is 2. The van der Waals surface area contributed by atoms with Gasteiger partial charge in [-0.05, 0) is 25.5 Å². The maximum absolute atomic E-state index is 13.3. The van der Waals surface area contributed by atoms with Crippen LogP contribution in [0.2, 0.25) is 5.02 Å². The number of halogens is 1. The van der Waals surface area contributed by atoms with Crippen LogP contribution in [-0.2, 0) is 15.2 Å². The number of amides is 1. The summed E-state index contributed by atoms with van der Waals surface area (Å²) >= 11 is 6.22. The van der Waals surface area contributed by atoms with Crippen LogP contribution in [0.1, 0.15) is 29.3 Å². The molecule has 0 unspecified atom stereocenters. The van der Waals surface area contributed by atoms with Gasteiger partial charge in [0.1, 0.15) is 17.8 Å². The van der Waals surface area contributed by atoms with Crippen molar-refractivity contribution >= 4 is 29.1 Å². The lowest BCUT2D eigenvalue weighted by molar-refractivity contribution is -0.221. The summed E-state index contributed by atoms with van der Waals surface area (Å²) in [7, 11) is 0. The Balaban J connectivity index is 1.92. The molecule has 1 amide bonds. The van der Waals surface area contributed by atoms with E-state index in [1.807, 2.05) is 0 Å². The largest absolute Gasteiger partial charge is 0.507 e. The number of ketones is 2. The van der Waals surface area contributed by atoms with Gasteiger partial charge in [0.15, 0.2) is 17.2 Å². The van der Waals surface area contributed by atoms with Crippen LogP contribution in [0.4, 0.5) is 0 Å². The van der Waals surface area contributed by atoms with E-state index >= 15 is 0 Å². The number of primary amides is 1. The molecule has 2 fully saturated rings. The van der Waals surface area contributed by atoms with E-state index in [1.165, 1.54) is 13.0 Å². The number of aliphatic hydroxyl groups is 4. The summed E-state index contributed by atoms with van der Waals surface area (Å²) in [5, 5.41) is 54.5. The Kier molecular flexibility index (Phi) is 4.79. The van der Waals surface area contributed by atoms with Crippen molar-refractivity contribution < 1.29 is 39.9 Å². The molecule has 4 rings (SSSR count). The van der Waals surface area contributed by atoms with Crippen molar-refractivity contribution in [2.45, 2.75) is 42.8 Å². The molecule has 3 aliphatic rings. The van der Waals surface area contributed by atoms with Gasteiger partial charge < -0.3 is 37.0 Å². The first-order valence-electron chi connectivity index (χ1n) is 9.74. The number of fused-ring (bicyclic) bond motifs is 3. The maximum Gasteiger partial charge on any atom is 0.230 e. The molecule has 0 heterocycles. The van der Waals surface area contributed by atoms with Gasteiger partial charge in [-0.3, -0.25) is 14.4 Å². The van der Waals surface area contributed by atoms with Crippen molar-refractivity contribution in [3.8, 4) is 5.75 Å². The maximum atomic E-state index is 13.3. The minimum atomic E-state index is -2.67. The standard InChI is InChI=1S/C20H23ClN2O8/c1-19(30)5-4-6-13(22)15(26)11(18(23)29)17(28)20(6,31)16(27)9(5)14(25)10-8(24)3-2-7(21)12(10)19/h2-3,5-6,9,11,13,15-16,24,26-27,30-31H,4,22H2,1H3,(H2,23,29)/t5-,6-,9-,11-,13-,15-,16+,19-,20-/m0/s1. The van der Waals surface area contributed by atoms with E-state index in [2.05, 4.69) is 0 Å². The van der Waals surface area contributed by atoms with E-state index in [-0.39, 0.29) is 22.6 Å². The number of phenolic OH excluding ortho intramolecular Hbond substituents is 1. The number of benzene rings is 1. The van der Waals surface area contributed by atoms with Crippen molar-refractivity contribution in [2.24, 2.45) is 35.1 Å². The zero-order valence-electron chi connectivity index (χ0n) is 16.4. The van der Waals surface area contributed by atoms with Crippen LogP contribution < -0.4 is 11.5 Å². The van der Waals surface area contributed by atoms with Gasteiger partial charge in [0.25, 0.3) is 0 Å². The van der Waals surface area contributed by atoms with Crippen LogP contribution in [0.5, 0.6) is 5.75 Å². The molecular formula is C20H23ClN2O8. The second-order valence-corrected chi connectivity index (χ2v) is 9.29. The van der Waals surface area contributed by atoms with E-state index in [0.29, 0.717) is 0 Å². The summed E-state index contributed by atoms with van der Waals surface area (Å²) in [5.41, 5.74) is 6.38. The van der Waals surface area contributed by atoms with Crippen molar-refractivity contribution in [3.63, 3.8) is 0 Å². The predicted molar refractivity (Wildman–Crippen MR) is 105 cm³/mol. The van der Waals surface area contributed by atoms with Crippen molar-refractivity contribution in [1.29, 1.82) is 0 Å². The fourth-order valence-electron chi connectivity index (χ4n) is 5.82. The molecule has 168 valence electrons. The van der Waals surface area contributed by atoms with Crippen LogP contribution in [0.3, 0.4) is 0 Å². The van der Waals surface area contributed by atoms with Crippen molar-refractivity contribution in [3.05, 3.63) is 28.3 Å². The van der Waals surface area contributed by atoms with Gasteiger partial charge in [-0.25, -0.2) is 0 Å². The third-order valence-corrected chi connectivity index (χ3v) is 7.71. The van der Waals surface area contributed by atoms with Gasteiger partial charge in [-0.1, -0.05) is 11.6 Å². The fourth-order valence-corrected chi connectivity index (χ4v) is 6.17. The van der Waals surface area contributed by atoms with Crippen molar-refractivity contribution in [2.75, 3.05) is 0 Å². The number of nitrogens with two attached hydrogens (primary N) is 2. The van der Waals surface area contributed by atoms with Crippen molar-refractivity contribution in [1.82, 2.24) is 0 Å². The summed E-state index contributed by atoms with van der Waals surface area (Å²) < 4.78 is 0. The molecular weight excluding hydrogens is 432 g/mol. The first-order valence-corrected chi connectivity index (χ1v) is 10.1. The van der Waals surface area contributed by atoms with E-state index in [4.69, 9.17) is 23.1 Å². The summed E-state index contributed by atoms with van der Waals surface area (Å²) in [6.45, 7) is 1.34. The van der Waals surface area contributed by atoms with Gasteiger partial charge in [-0.2, -0.15) is 0 Å². The van der Waals surface area contributed by atoms with Gasteiger partial charge >= 0.3 is 0 Å². The molecule has 0 spiro atoms. The SMILES string of the molecule is C[C@@]1(O)c2c(Cl)ccc(O)c2C(=O)[C@H]2[C@@H](O)[C@]3(O)C(=O)[C@@H](C(N)=O)[C@H](O)[C@@H](N)[C@@H]3C[C@@H]21. The average Bonchev–Trinajstić information content (AvgIpc) is 2.67. The summed E-state index contributed by atoms with van der Waals surface area (Å²) in [5.74, 6) is -9.54. The van der Waals surface area contributed by atoms with Crippen LogP contribution in [-0.4, -0.2) is 66.9 Å². The second kappa shape index (κ2) is 6.71. The Morgan fingerprint density at radius 3 is 2.39 bits per heavy atom. The van der Waals surface area contributed by atoms with Crippen LogP contribution in [0, 0.1) is 23.7 Å². The quantitative estimate of drug-likeness (QED) is 0.238. The summed E-state index contributed by atoms with van der Waals surface area (Å²) in [4.78, 5) is 38.1. The molecule has 0 aliphatic heterocycles. The predicted octanol–water partition coefficient (Wildman–Crippen LogP) is -1.83. The molecule has 3 aliphatic carbocycles. The Bertz CT molecular complexity index is 1010. The molecule has 0 radical (unpaired) electrons. The molecule has 0 bridgehead atoms.